The van der Waals surface area contributed by atoms with E-state index in [0.717, 1.165) is 37.1 Å². The molecule has 2 aromatic heterocycles. The molecular weight excluding hydrogens is 999 g/mol. The van der Waals surface area contributed by atoms with E-state index in [-0.39, 0.29) is 60.3 Å². The molecule has 1 aliphatic rings. The number of nitrogens with zero attached hydrogens (tertiary/aromatic N) is 4. The SMILES string of the molecule is CCC.CCC.CCC.CCC.CCC.CCC.CCC1Cc2ccccc2C[N-]1.CCn1[c-]cc2ccccc21.CCn1[c-]nc2ccccc21.[CH2-]C.[CH2-]C.[CH2-]C.[Tc].[Tc].[Tc]. The molecule has 0 amide bonds. The Bertz CT molecular complexity index is 1340. The van der Waals surface area contributed by atoms with Gasteiger partial charge in [0.15, 0.2) is 0 Å². The van der Waals surface area contributed by atoms with Crippen LogP contribution in [0.25, 0.3) is 27.3 Å². The number of imidazole rings is 1. The molecule has 0 N–H and O–H groups in total. The second-order valence-corrected chi connectivity index (χ2v) is 12.6. The third-order valence-electron chi connectivity index (χ3n) is 6.26. The van der Waals surface area contributed by atoms with E-state index in [9.17, 15) is 0 Å². The Morgan fingerprint density at radius 1 is 0.525 bits per heavy atom. The maximum atomic E-state index is 4.59. The molecule has 0 bridgehead atoms. The predicted molar refractivity (Wildman–Crippen MR) is 271 cm³/mol. The van der Waals surface area contributed by atoms with Gasteiger partial charge in [-0.15, -0.1) is 48.6 Å². The summed E-state index contributed by atoms with van der Waals surface area (Å²) in [5.74, 6) is 0. The van der Waals surface area contributed by atoms with Crippen molar-refractivity contribution in [2.45, 2.75) is 202 Å². The molecule has 0 saturated heterocycles. The molecule has 6 rings (SSSR count). The fourth-order valence-electron chi connectivity index (χ4n) is 4.26. The monoisotopic (exact) mass is 1090 g/mol. The predicted octanol–water partition coefficient (Wildman–Crippen LogP) is 18.2. The molecule has 0 saturated carbocycles. The summed E-state index contributed by atoms with van der Waals surface area (Å²) in [6.07, 6.45) is 15.9. The van der Waals surface area contributed by atoms with Crippen molar-refractivity contribution in [3.8, 4) is 0 Å². The minimum atomic E-state index is 0. The number of aromatic nitrogens is 3. The van der Waals surface area contributed by atoms with Gasteiger partial charge in [0.2, 0.25) is 0 Å². The summed E-state index contributed by atoms with van der Waals surface area (Å²) in [6.45, 7) is 49.8. The van der Waals surface area contributed by atoms with Crippen LogP contribution in [0.3, 0.4) is 0 Å². The van der Waals surface area contributed by atoms with Crippen LogP contribution < -0.4 is 0 Å². The van der Waals surface area contributed by atoms with Gasteiger partial charge in [0.05, 0.1) is 0 Å². The zero-order valence-electron chi connectivity index (χ0n) is 42.9. The Hall–Kier alpha value is -1.42. The van der Waals surface area contributed by atoms with Crippen LogP contribution in [0.5, 0.6) is 0 Å². The molecule has 359 valence electrons. The molecule has 3 radical (unpaired) electrons. The Labute approximate surface area is 423 Å². The molecule has 5 aromatic rings. The standard InChI is InChI=1S/C11H14N.C10H10N.C9H9N2.6C3H8.3C2H5.3Tc/c1-2-11-7-9-5-3-4-6-10(9)8-12-11;1-2-11-8-7-9-5-3-4-6-10(9)11;1-2-11-7-10-8-5-3-4-6-9(8)11;6*1-3-2;3*1-2;;;/h3-6,11H,2,7-8H2,1H3;3-7H,2H2,1H3;3-6H,2H2,1H3;6*3H2,1-2H3;3*1H2,2H3;;;/q3*-1;;;;;;;3*-1;;;. The third-order valence-corrected chi connectivity index (χ3v) is 6.26. The van der Waals surface area contributed by atoms with E-state index in [1.165, 1.54) is 67.0 Å². The van der Waals surface area contributed by atoms with Gasteiger partial charge in [-0.05, 0) is 38.9 Å². The molecule has 3 heterocycles. The normalized spacial score (nSPS) is 10.2. The van der Waals surface area contributed by atoms with Gasteiger partial charge < -0.3 is 40.2 Å². The average molecular weight is 1100 g/mol. The van der Waals surface area contributed by atoms with Crippen molar-refractivity contribution < 1.29 is 60.3 Å². The van der Waals surface area contributed by atoms with E-state index in [4.69, 9.17) is 0 Å². The topological polar surface area (TPSA) is 36.9 Å². The van der Waals surface area contributed by atoms with E-state index in [1.807, 2.05) is 28.8 Å². The average Bonchev–Trinajstić information content (AvgIpc) is 3.89. The molecular formula is C54H96N4Tc3-6. The van der Waals surface area contributed by atoms with Crippen molar-refractivity contribution >= 4 is 21.9 Å². The first kappa shape index (κ1) is 79.9. The first-order valence-corrected chi connectivity index (χ1v) is 22.9. The molecule has 1 aliphatic heterocycles. The van der Waals surface area contributed by atoms with Gasteiger partial charge in [0, 0.05) is 66.6 Å². The number of hydrogen-bond donors (Lipinski definition) is 0. The molecule has 0 fully saturated rings. The molecule has 1 atom stereocenters. The van der Waals surface area contributed by atoms with Crippen molar-refractivity contribution in [3.05, 3.63) is 129 Å². The maximum absolute atomic E-state index is 4.59. The molecule has 61 heavy (non-hydrogen) atoms. The van der Waals surface area contributed by atoms with Crippen LogP contribution in [0.2, 0.25) is 0 Å². The van der Waals surface area contributed by atoms with Crippen LogP contribution >= 0.6 is 0 Å². The zero-order chi connectivity index (χ0) is 46.0. The molecule has 0 spiro atoms. The summed E-state index contributed by atoms with van der Waals surface area (Å²) in [6, 6.07) is 27.6. The molecule has 0 aliphatic carbocycles. The van der Waals surface area contributed by atoms with E-state index < -0.39 is 0 Å². The first-order chi connectivity index (χ1) is 28.2. The molecule has 4 nitrogen and oxygen atoms in total. The molecule has 7 heteroatoms. The van der Waals surface area contributed by atoms with E-state index in [2.05, 4.69) is 207 Å². The van der Waals surface area contributed by atoms with E-state index >= 15 is 0 Å². The third kappa shape index (κ3) is 45.0. The summed E-state index contributed by atoms with van der Waals surface area (Å²) in [7, 11) is 0. The van der Waals surface area contributed by atoms with Crippen molar-refractivity contribution in [1.82, 2.24) is 14.1 Å². The van der Waals surface area contributed by atoms with Gasteiger partial charge in [-0.25, -0.2) is 0 Å². The maximum Gasteiger partial charge on any atom is 0.00146 e. The molecule has 3 aromatic carbocycles. The van der Waals surface area contributed by atoms with Crippen LogP contribution in [0.4, 0.5) is 0 Å². The fraction of sp³-hybridized carbons (Fsp3) is 0.556. The second-order valence-electron chi connectivity index (χ2n) is 12.6. The summed E-state index contributed by atoms with van der Waals surface area (Å²) in [4.78, 5) is 4.13. The zero-order valence-corrected chi connectivity index (χ0v) is 48.5. The largest absolute Gasteiger partial charge is 0.655 e. The van der Waals surface area contributed by atoms with Gasteiger partial charge in [-0.3, -0.25) is 0 Å². The number of aryl methyl sites for hydroxylation is 2. The Kier molecular flexibility index (Phi) is 88.6. The minimum absolute atomic E-state index is 0. The van der Waals surface area contributed by atoms with Gasteiger partial charge >= 0.3 is 0 Å². The van der Waals surface area contributed by atoms with Crippen LogP contribution in [0, 0.1) is 33.3 Å². The van der Waals surface area contributed by atoms with E-state index in [1.54, 1.807) is 20.8 Å². The quantitative estimate of drug-likeness (QED) is 0.166. The van der Waals surface area contributed by atoms with Crippen molar-refractivity contribution in [2.75, 3.05) is 0 Å². The summed E-state index contributed by atoms with van der Waals surface area (Å²) in [5.41, 5.74) is 6.38. The number of hydrogen-bond acceptors (Lipinski definition) is 1. The van der Waals surface area contributed by atoms with Gasteiger partial charge in [0.1, 0.15) is 0 Å². The number of para-hydroxylation sites is 3. The van der Waals surface area contributed by atoms with Gasteiger partial charge in [-0.2, -0.15) is 32.2 Å². The van der Waals surface area contributed by atoms with Crippen molar-refractivity contribution in [2.24, 2.45) is 0 Å². The van der Waals surface area contributed by atoms with Gasteiger partial charge in [0.25, 0.3) is 0 Å². The Morgan fingerprint density at radius 3 is 1.33 bits per heavy atom. The number of fused-ring (bicyclic) bond motifs is 3. The number of benzene rings is 3. The summed E-state index contributed by atoms with van der Waals surface area (Å²) >= 11 is 0. The van der Waals surface area contributed by atoms with Crippen LogP contribution in [0.15, 0.2) is 78.9 Å². The van der Waals surface area contributed by atoms with Crippen LogP contribution in [0.1, 0.15) is 181 Å². The second kappa shape index (κ2) is 67.7. The Balaban J connectivity index is -0.0000000745. The first-order valence-electron chi connectivity index (χ1n) is 22.9. The minimum Gasteiger partial charge on any atom is -0.655 e. The molecule has 1 unspecified atom stereocenters. The van der Waals surface area contributed by atoms with Crippen LogP contribution in [-0.4, -0.2) is 20.2 Å². The van der Waals surface area contributed by atoms with Crippen molar-refractivity contribution in [3.63, 3.8) is 0 Å². The van der Waals surface area contributed by atoms with Crippen LogP contribution in [-0.2, 0) is 86.4 Å². The van der Waals surface area contributed by atoms with Crippen molar-refractivity contribution in [1.29, 1.82) is 0 Å². The Morgan fingerprint density at radius 2 is 0.902 bits per heavy atom. The van der Waals surface area contributed by atoms with Gasteiger partial charge in [-0.1, -0.05) is 200 Å². The summed E-state index contributed by atoms with van der Waals surface area (Å²) < 4.78 is 4.13. The smallest absolute Gasteiger partial charge is 0.00146 e. The summed E-state index contributed by atoms with van der Waals surface area (Å²) in [5, 5.41) is 5.86. The fourth-order valence-corrected chi connectivity index (χ4v) is 4.26. The number of rotatable bonds is 3. The van der Waals surface area contributed by atoms with E-state index in [0.29, 0.717) is 6.04 Å².